The Kier molecular flexibility index (Phi) is 2.89. The van der Waals surface area contributed by atoms with Crippen molar-refractivity contribution >= 4 is 22.1 Å². The third-order valence-electron chi connectivity index (χ3n) is 2.69. The number of hydrogen-bond donors (Lipinski definition) is 1. The van der Waals surface area contributed by atoms with E-state index in [1.807, 2.05) is 15.8 Å². The predicted molar refractivity (Wildman–Crippen MR) is 69.3 cm³/mol. The zero-order valence-corrected chi connectivity index (χ0v) is 10.5. The number of nitrogens with zero attached hydrogens (tertiary/aromatic N) is 5. The highest BCUT2D eigenvalue weighted by Crippen LogP contribution is 2.13. The molecule has 0 bridgehead atoms. The molecule has 3 aromatic heterocycles. The first kappa shape index (κ1) is 11.1. The van der Waals surface area contributed by atoms with E-state index in [1.165, 1.54) is 11.3 Å². The Labute approximate surface area is 108 Å². The van der Waals surface area contributed by atoms with Crippen LogP contribution in [0.25, 0.3) is 5.65 Å². The normalized spacial score (nSPS) is 11.1. The number of hydrogen-bond acceptors (Lipinski definition) is 6. The van der Waals surface area contributed by atoms with Gasteiger partial charge in [-0.15, -0.1) is 21.5 Å². The van der Waals surface area contributed by atoms with Crippen molar-refractivity contribution in [2.75, 3.05) is 5.73 Å². The molecule has 0 unspecified atom stereocenters. The van der Waals surface area contributed by atoms with E-state index in [4.69, 9.17) is 5.73 Å². The van der Waals surface area contributed by atoms with E-state index >= 15 is 0 Å². The molecule has 0 amide bonds. The third kappa shape index (κ3) is 2.17. The van der Waals surface area contributed by atoms with Crippen LogP contribution in [0.5, 0.6) is 0 Å². The number of fused-ring (bicyclic) bond motifs is 1. The summed E-state index contributed by atoms with van der Waals surface area (Å²) in [5.41, 5.74) is 7.47. The second-order valence-corrected chi connectivity index (χ2v) is 4.85. The van der Waals surface area contributed by atoms with Gasteiger partial charge in [-0.1, -0.05) is 0 Å². The molecular weight excluding hydrogens is 248 g/mol. The summed E-state index contributed by atoms with van der Waals surface area (Å²) in [6.45, 7) is 0. The number of rotatable bonds is 4. The fourth-order valence-corrected chi connectivity index (χ4v) is 2.42. The molecule has 2 N–H and O–H groups in total. The Morgan fingerprint density at radius 2 is 2.22 bits per heavy atom. The maximum Gasteiger partial charge on any atom is 0.180 e. The molecule has 3 aromatic rings. The van der Waals surface area contributed by atoms with Gasteiger partial charge in [0.15, 0.2) is 10.8 Å². The highest BCUT2D eigenvalue weighted by Gasteiger charge is 2.05. The second kappa shape index (κ2) is 4.69. The van der Waals surface area contributed by atoms with Crippen molar-refractivity contribution in [3.63, 3.8) is 0 Å². The number of anilines is 1. The van der Waals surface area contributed by atoms with Crippen molar-refractivity contribution < 1.29 is 0 Å². The molecule has 18 heavy (non-hydrogen) atoms. The topological polar surface area (TPSA) is 82.0 Å². The van der Waals surface area contributed by atoms with Crippen LogP contribution in [-0.4, -0.2) is 24.6 Å². The van der Waals surface area contributed by atoms with Crippen LogP contribution in [0.15, 0.2) is 24.0 Å². The summed E-state index contributed by atoms with van der Waals surface area (Å²) in [6.07, 6.45) is 6.18. The molecule has 0 saturated carbocycles. The van der Waals surface area contributed by atoms with E-state index in [0.717, 1.165) is 36.4 Å². The van der Waals surface area contributed by atoms with Crippen LogP contribution in [0.3, 0.4) is 0 Å². The number of thiazole rings is 1. The molecule has 0 aliphatic carbocycles. The molecule has 3 heterocycles. The highest BCUT2D eigenvalue weighted by atomic mass is 32.1. The Hall–Kier alpha value is -2.02. The van der Waals surface area contributed by atoms with Crippen molar-refractivity contribution in [1.29, 1.82) is 0 Å². The van der Waals surface area contributed by atoms with Gasteiger partial charge < -0.3 is 5.73 Å². The number of aromatic nitrogens is 5. The molecule has 0 atom stereocenters. The quantitative estimate of drug-likeness (QED) is 0.765. The molecule has 0 fully saturated rings. The fourth-order valence-electron chi connectivity index (χ4n) is 1.83. The summed E-state index contributed by atoms with van der Waals surface area (Å²) in [5, 5.41) is 10.9. The standard InChI is InChI=1S/C11H12N6S/c12-11-14-8(6-18-11)2-1-3-9-15-16-10-4-5-13-7-17(9)10/h4-7H,1-3H2,(H2,12,14). The van der Waals surface area contributed by atoms with Crippen LogP contribution in [0, 0.1) is 0 Å². The Bertz CT molecular complexity index is 658. The van der Waals surface area contributed by atoms with Gasteiger partial charge in [-0.3, -0.25) is 4.40 Å². The first-order chi connectivity index (χ1) is 8.83. The predicted octanol–water partition coefficient (Wildman–Crippen LogP) is 1.34. The molecule has 0 saturated heterocycles. The van der Waals surface area contributed by atoms with Gasteiger partial charge in [0.2, 0.25) is 0 Å². The molecule has 0 aromatic carbocycles. The van der Waals surface area contributed by atoms with E-state index in [2.05, 4.69) is 20.2 Å². The van der Waals surface area contributed by atoms with Gasteiger partial charge in [-0.25, -0.2) is 9.97 Å². The van der Waals surface area contributed by atoms with Crippen LogP contribution in [-0.2, 0) is 12.8 Å². The average molecular weight is 260 g/mol. The summed E-state index contributed by atoms with van der Waals surface area (Å²) in [4.78, 5) is 8.30. The molecule has 6 nitrogen and oxygen atoms in total. The number of nitrogens with two attached hydrogens (primary N) is 1. The first-order valence-electron chi connectivity index (χ1n) is 5.66. The van der Waals surface area contributed by atoms with E-state index in [9.17, 15) is 0 Å². The summed E-state index contributed by atoms with van der Waals surface area (Å²) in [6, 6.07) is 1.84. The van der Waals surface area contributed by atoms with Crippen molar-refractivity contribution in [1.82, 2.24) is 24.6 Å². The lowest BCUT2D eigenvalue weighted by Crippen LogP contribution is -1.97. The molecule has 0 aliphatic heterocycles. The molecule has 0 radical (unpaired) electrons. The zero-order chi connectivity index (χ0) is 12.4. The summed E-state index contributed by atoms with van der Waals surface area (Å²) >= 11 is 1.48. The fraction of sp³-hybridized carbons (Fsp3) is 0.273. The molecule has 3 rings (SSSR count). The van der Waals surface area contributed by atoms with E-state index < -0.39 is 0 Å². The van der Waals surface area contributed by atoms with Crippen LogP contribution in [0.2, 0.25) is 0 Å². The van der Waals surface area contributed by atoms with E-state index in [0.29, 0.717) is 5.13 Å². The summed E-state index contributed by atoms with van der Waals surface area (Å²) in [5.74, 6) is 0.932. The summed E-state index contributed by atoms with van der Waals surface area (Å²) in [7, 11) is 0. The smallest absolute Gasteiger partial charge is 0.180 e. The monoisotopic (exact) mass is 260 g/mol. The van der Waals surface area contributed by atoms with Gasteiger partial charge in [0.1, 0.15) is 12.2 Å². The SMILES string of the molecule is Nc1nc(CCCc2nnc3ccncn23)cs1. The molecular formula is C11H12N6S. The zero-order valence-electron chi connectivity index (χ0n) is 9.65. The lowest BCUT2D eigenvalue weighted by Gasteiger charge is -1.98. The average Bonchev–Trinajstić information content (AvgIpc) is 2.97. The van der Waals surface area contributed by atoms with Gasteiger partial charge >= 0.3 is 0 Å². The maximum absolute atomic E-state index is 5.59. The minimum Gasteiger partial charge on any atom is -0.375 e. The second-order valence-electron chi connectivity index (χ2n) is 3.96. The van der Waals surface area contributed by atoms with Crippen LogP contribution in [0.4, 0.5) is 5.13 Å². The number of nitrogen functional groups attached to an aromatic ring is 1. The first-order valence-corrected chi connectivity index (χ1v) is 6.54. The minimum atomic E-state index is 0.627. The lowest BCUT2D eigenvalue weighted by atomic mass is 10.2. The Morgan fingerprint density at radius 3 is 3.06 bits per heavy atom. The molecule has 92 valence electrons. The highest BCUT2D eigenvalue weighted by molar-refractivity contribution is 7.13. The van der Waals surface area contributed by atoms with Crippen molar-refractivity contribution in [3.05, 3.63) is 35.5 Å². The van der Waals surface area contributed by atoms with Crippen molar-refractivity contribution in [3.8, 4) is 0 Å². The van der Waals surface area contributed by atoms with Crippen LogP contribution in [0.1, 0.15) is 17.9 Å². The van der Waals surface area contributed by atoms with Gasteiger partial charge in [0.05, 0.1) is 5.69 Å². The summed E-state index contributed by atoms with van der Waals surface area (Å²) < 4.78 is 1.91. The van der Waals surface area contributed by atoms with Crippen molar-refractivity contribution in [2.45, 2.75) is 19.3 Å². The van der Waals surface area contributed by atoms with Gasteiger partial charge in [-0.2, -0.15) is 0 Å². The third-order valence-corrected chi connectivity index (χ3v) is 3.41. The van der Waals surface area contributed by atoms with E-state index in [-0.39, 0.29) is 0 Å². The Morgan fingerprint density at radius 1 is 1.28 bits per heavy atom. The molecule has 7 heteroatoms. The van der Waals surface area contributed by atoms with Crippen molar-refractivity contribution in [2.24, 2.45) is 0 Å². The maximum atomic E-state index is 5.59. The van der Waals surface area contributed by atoms with Gasteiger partial charge in [0, 0.05) is 24.1 Å². The minimum absolute atomic E-state index is 0.627. The van der Waals surface area contributed by atoms with Crippen LogP contribution < -0.4 is 5.73 Å². The number of aryl methyl sites for hydroxylation is 2. The van der Waals surface area contributed by atoms with Crippen LogP contribution >= 0.6 is 11.3 Å². The van der Waals surface area contributed by atoms with Gasteiger partial charge in [-0.05, 0) is 12.8 Å². The molecule has 0 spiro atoms. The Balaban J connectivity index is 1.66. The largest absolute Gasteiger partial charge is 0.375 e. The van der Waals surface area contributed by atoms with Gasteiger partial charge in [0.25, 0.3) is 0 Å². The molecule has 0 aliphatic rings. The lowest BCUT2D eigenvalue weighted by molar-refractivity contribution is 0.749. The van der Waals surface area contributed by atoms with E-state index in [1.54, 1.807) is 12.5 Å².